The first kappa shape index (κ1) is 18.7. The standard InChI is InChI=1S/C23H28N5P/c1-23(2)19-13-7-8-14-20(19)26(3)22(23)21-17-25-28(18-11-5-4-6-12-18)29(21,24)27-15-9-10-16-27/h4-8,11-14,17,24H,9-10,15-16H2,1-3H3/b22-21+. The van der Waals surface area contributed by atoms with Gasteiger partial charge in [0.15, 0.2) is 7.36 Å². The molecular weight excluding hydrogens is 377 g/mol. The van der Waals surface area contributed by atoms with Gasteiger partial charge in [-0.05, 0) is 36.6 Å². The second-order valence-corrected chi connectivity index (χ2v) is 11.2. The predicted molar refractivity (Wildman–Crippen MR) is 123 cm³/mol. The van der Waals surface area contributed by atoms with Crippen LogP contribution < -0.4 is 9.68 Å². The molecule has 29 heavy (non-hydrogen) atoms. The molecule has 3 heterocycles. The number of rotatable bonds is 2. The van der Waals surface area contributed by atoms with Gasteiger partial charge < -0.3 is 4.90 Å². The minimum atomic E-state index is -2.57. The largest absolute Gasteiger partial charge is 0.346 e. The van der Waals surface area contributed by atoms with E-state index in [1.165, 1.54) is 16.9 Å². The summed E-state index contributed by atoms with van der Waals surface area (Å²) < 4.78 is 4.40. The van der Waals surface area contributed by atoms with Crippen LogP contribution in [0.3, 0.4) is 0 Å². The second-order valence-electron chi connectivity index (χ2n) is 8.57. The van der Waals surface area contributed by atoms with Crippen LogP contribution in [0, 0.1) is 5.16 Å². The summed E-state index contributed by atoms with van der Waals surface area (Å²) in [5.74, 6) is 0. The molecule has 0 amide bonds. The Kier molecular flexibility index (Phi) is 4.23. The maximum atomic E-state index is 9.92. The molecule has 5 nitrogen and oxygen atoms in total. The van der Waals surface area contributed by atoms with Crippen molar-refractivity contribution >= 4 is 24.9 Å². The Morgan fingerprint density at radius 1 is 0.966 bits per heavy atom. The molecule has 1 N–H and O–H groups in total. The fourth-order valence-electron chi connectivity index (χ4n) is 5.09. The number of anilines is 2. The van der Waals surface area contributed by atoms with Crippen molar-refractivity contribution < 1.29 is 0 Å². The minimum Gasteiger partial charge on any atom is -0.346 e. The third-order valence-electron chi connectivity index (χ3n) is 6.49. The van der Waals surface area contributed by atoms with Crippen LogP contribution in [0.2, 0.25) is 0 Å². The van der Waals surface area contributed by atoms with Gasteiger partial charge in [-0.15, -0.1) is 0 Å². The number of likely N-dealkylation sites (N-methyl/N-ethyl adjacent to an activating group) is 1. The van der Waals surface area contributed by atoms with E-state index in [1.807, 2.05) is 29.2 Å². The van der Waals surface area contributed by atoms with Gasteiger partial charge in [-0.25, -0.2) is 9.45 Å². The Bertz CT molecular complexity index is 1050. The molecule has 0 radical (unpaired) electrons. The molecule has 150 valence electrons. The van der Waals surface area contributed by atoms with Crippen molar-refractivity contribution in [3.63, 3.8) is 0 Å². The molecular formula is C23H28N5P. The summed E-state index contributed by atoms with van der Waals surface area (Å²) in [5, 5.41) is 15.8. The van der Waals surface area contributed by atoms with Crippen molar-refractivity contribution in [1.82, 2.24) is 4.67 Å². The number of hydrogen-bond donors (Lipinski definition) is 1. The maximum absolute atomic E-state index is 9.92. The molecule has 3 aliphatic rings. The molecule has 0 aromatic heterocycles. The summed E-state index contributed by atoms with van der Waals surface area (Å²) in [5.41, 5.74) is 4.62. The maximum Gasteiger partial charge on any atom is 0.172 e. The molecule has 1 atom stereocenters. The molecule has 6 heteroatoms. The first-order valence-corrected chi connectivity index (χ1v) is 12.0. The topological polar surface area (TPSA) is 45.9 Å². The van der Waals surface area contributed by atoms with Crippen LogP contribution in [0.15, 0.2) is 70.7 Å². The summed E-state index contributed by atoms with van der Waals surface area (Å²) in [6, 6.07) is 18.9. The molecule has 2 aromatic rings. The zero-order valence-corrected chi connectivity index (χ0v) is 18.2. The summed E-state index contributed by atoms with van der Waals surface area (Å²) in [4.78, 5) is 2.30. The summed E-state index contributed by atoms with van der Waals surface area (Å²) in [6.07, 6.45) is 4.29. The lowest BCUT2D eigenvalue weighted by Crippen LogP contribution is -2.29. The summed E-state index contributed by atoms with van der Waals surface area (Å²) in [6.45, 7) is 6.51. The number of allylic oxidation sites excluding steroid dienone is 2. The van der Waals surface area contributed by atoms with E-state index in [9.17, 15) is 5.16 Å². The van der Waals surface area contributed by atoms with Crippen LogP contribution in [0.4, 0.5) is 11.4 Å². The molecule has 2 aromatic carbocycles. The third-order valence-corrected chi connectivity index (χ3v) is 9.59. The Labute approximate surface area is 173 Å². The van der Waals surface area contributed by atoms with E-state index in [0.717, 1.165) is 36.9 Å². The van der Waals surface area contributed by atoms with Crippen LogP contribution in [0.25, 0.3) is 0 Å². The lowest BCUT2D eigenvalue weighted by molar-refractivity contribution is 0.556. The van der Waals surface area contributed by atoms with Crippen LogP contribution in [-0.4, -0.2) is 31.0 Å². The van der Waals surface area contributed by atoms with Gasteiger partial charge in [0.25, 0.3) is 0 Å². The smallest absolute Gasteiger partial charge is 0.172 e. The highest BCUT2D eigenvalue weighted by Gasteiger charge is 2.48. The summed E-state index contributed by atoms with van der Waals surface area (Å²) in [7, 11) is -0.430. The van der Waals surface area contributed by atoms with Crippen molar-refractivity contribution in [2.45, 2.75) is 32.1 Å². The van der Waals surface area contributed by atoms with Crippen molar-refractivity contribution in [1.29, 1.82) is 5.16 Å². The van der Waals surface area contributed by atoms with Crippen molar-refractivity contribution in [3.05, 3.63) is 71.2 Å². The van der Waals surface area contributed by atoms with Crippen LogP contribution in [0.5, 0.6) is 0 Å². The zero-order chi connectivity index (χ0) is 20.2. The van der Waals surface area contributed by atoms with Crippen LogP contribution in [-0.2, 0) is 5.41 Å². The predicted octanol–water partition coefficient (Wildman–Crippen LogP) is 5.84. The number of hydrogen-bond acceptors (Lipinski definition) is 3. The molecule has 1 saturated heterocycles. The number of nitrogens with zero attached hydrogens (tertiary/aromatic N) is 4. The van der Waals surface area contributed by atoms with Gasteiger partial charge >= 0.3 is 0 Å². The molecule has 1 unspecified atom stereocenters. The monoisotopic (exact) mass is 405 g/mol. The van der Waals surface area contributed by atoms with Crippen molar-refractivity contribution in [2.75, 3.05) is 29.8 Å². The van der Waals surface area contributed by atoms with Gasteiger partial charge in [0.2, 0.25) is 0 Å². The van der Waals surface area contributed by atoms with E-state index in [1.54, 1.807) is 0 Å². The Hall–Kier alpha value is -2.36. The summed E-state index contributed by atoms with van der Waals surface area (Å²) >= 11 is 0. The fraction of sp³-hybridized carbons (Fsp3) is 0.348. The molecule has 0 aliphatic carbocycles. The number of hydrazone groups is 1. The van der Waals surface area contributed by atoms with Crippen molar-refractivity contribution in [3.8, 4) is 0 Å². The van der Waals surface area contributed by atoms with E-state index >= 15 is 0 Å². The molecule has 0 bridgehead atoms. The van der Waals surface area contributed by atoms with Gasteiger partial charge in [0, 0.05) is 36.9 Å². The molecule has 0 saturated carbocycles. The van der Waals surface area contributed by atoms with Gasteiger partial charge in [-0.1, -0.05) is 50.2 Å². The highest BCUT2D eigenvalue weighted by molar-refractivity contribution is 7.70. The van der Waals surface area contributed by atoms with Crippen molar-refractivity contribution in [2.24, 2.45) is 5.10 Å². The second kappa shape index (κ2) is 6.58. The number of nitrogens with one attached hydrogen (secondary N) is 1. The Morgan fingerprint density at radius 2 is 1.62 bits per heavy atom. The third kappa shape index (κ3) is 2.57. The number of fused-ring (bicyclic) bond motifs is 1. The average molecular weight is 405 g/mol. The number of benzene rings is 2. The van der Waals surface area contributed by atoms with Crippen LogP contribution >= 0.6 is 7.36 Å². The highest BCUT2D eigenvalue weighted by atomic mass is 31.2. The van der Waals surface area contributed by atoms with Gasteiger partial charge in [0.1, 0.15) is 0 Å². The number of para-hydroxylation sites is 2. The molecule has 3 aliphatic heterocycles. The van der Waals surface area contributed by atoms with E-state index < -0.39 is 7.36 Å². The SMILES string of the molecule is CN1/C(=C2\C=NN(c3ccccc3)P2(=N)N2CCCC2)C(C)(C)c2ccccc21. The average Bonchev–Trinajstić information content (AvgIpc) is 3.42. The molecule has 1 fully saturated rings. The van der Waals surface area contributed by atoms with Crippen LogP contribution in [0.1, 0.15) is 32.3 Å². The van der Waals surface area contributed by atoms with E-state index in [0.29, 0.717) is 0 Å². The normalized spacial score (nSPS) is 28.4. The molecule has 5 rings (SSSR count). The molecule has 0 spiro atoms. The Morgan fingerprint density at radius 3 is 2.31 bits per heavy atom. The lowest BCUT2D eigenvalue weighted by atomic mass is 9.84. The first-order valence-electron chi connectivity index (χ1n) is 10.3. The van der Waals surface area contributed by atoms with Gasteiger partial charge in [0.05, 0.1) is 17.2 Å². The van der Waals surface area contributed by atoms with E-state index in [2.05, 4.69) is 66.9 Å². The van der Waals surface area contributed by atoms with Gasteiger partial charge in [-0.2, -0.15) is 5.10 Å². The van der Waals surface area contributed by atoms with E-state index in [4.69, 9.17) is 5.10 Å². The van der Waals surface area contributed by atoms with Gasteiger partial charge in [-0.3, -0.25) is 5.16 Å². The lowest BCUT2D eigenvalue weighted by Gasteiger charge is -2.38. The van der Waals surface area contributed by atoms with E-state index in [-0.39, 0.29) is 5.41 Å². The first-order chi connectivity index (χ1) is 14.0. The Balaban J connectivity index is 1.73. The minimum absolute atomic E-state index is 0.161. The fourth-order valence-corrected chi connectivity index (χ4v) is 8.30. The quantitative estimate of drug-likeness (QED) is 0.639. The zero-order valence-electron chi connectivity index (χ0n) is 17.3. The highest BCUT2D eigenvalue weighted by Crippen LogP contribution is 2.68.